The SMILES string of the molecule is c1ccc(-c2cc(-c3ccc(-n4c5cccc6c7ccccc7c7c8c9ccccc9n(-c9ccccc9)c8cc4c7c65)c4ccccc34)nc(-c3ccccc3)n2)cc1. The summed E-state index contributed by atoms with van der Waals surface area (Å²) in [6.07, 6.45) is 0. The molecule has 4 nitrogen and oxygen atoms in total. The van der Waals surface area contributed by atoms with Crippen LogP contribution in [0.25, 0.3) is 121 Å². The molecule has 0 fully saturated rings. The van der Waals surface area contributed by atoms with Crippen molar-refractivity contribution in [2.75, 3.05) is 0 Å². The Bertz CT molecular complexity index is 3750. The van der Waals surface area contributed by atoms with E-state index in [-0.39, 0.29) is 0 Å². The van der Waals surface area contributed by atoms with Crippen molar-refractivity contribution in [1.82, 2.24) is 19.1 Å². The summed E-state index contributed by atoms with van der Waals surface area (Å²) < 4.78 is 4.97. The van der Waals surface area contributed by atoms with Crippen LogP contribution in [0.5, 0.6) is 0 Å². The first-order chi connectivity index (χ1) is 29.8. The Morgan fingerprint density at radius 2 is 0.850 bits per heavy atom. The maximum Gasteiger partial charge on any atom is 0.160 e. The lowest BCUT2D eigenvalue weighted by Gasteiger charge is -2.16. The largest absolute Gasteiger partial charge is 0.309 e. The molecular formula is C56H34N4. The molecule has 0 radical (unpaired) electrons. The Morgan fingerprint density at radius 1 is 0.300 bits per heavy atom. The molecule has 13 aromatic rings. The second-order valence-corrected chi connectivity index (χ2v) is 15.7. The minimum absolute atomic E-state index is 0.707. The van der Waals surface area contributed by atoms with E-state index in [0.29, 0.717) is 5.82 Å². The molecule has 3 aromatic heterocycles. The summed E-state index contributed by atoms with van der Waals surface area (Å²) in [6.45, 7) is 0. The Hall–Kier alpha value is -8.08. The minimum atomic E-state index is 0.707. The van der Waals surface area contributed by atoms with Gasteiger partial charge in [-0.3, -0.25) is 0 Å². The lowest BCUT2D eigenvalue weighted by molar-refractivity contribution is 1.17. The average molecular weight is 763 g/mol. The van der Waals surface area contributed by atoms with Crippen LogP contribution in [0.1, 0.15) is 0 Å². The fourth-order valence-electron chi connectivity index (χ4n) is 9.97. The maximum absolute atomic E-state index is 5.27. The van der Waals surface area contributed by atoms with E-state index in [1.807, 2.05) is 24.3 Å². The van der Waals surface area contributed by atoms with Gasteiger partial charge in [0.05, 0.1) is 39.1 Å². The van der Waals surface area contributed by atoms with Gasteiger partial charge < -0.3 is 9.13 Å². The molecule has 0 atom stereocenters. The summed E-state index contributed by atoms with van der Waals surface area (Å²) in [5.41, 5.74) is 11.9. The van der Waals surface area contributed by atoms with Crippen LogP contribution in [0.15, 0.2) is 206 Å². The number of aromatic nitrogens is 4. The van der Waals surface area contributed by atoms with Gasteiger partial charge in [0, 0.05) is 54.7 Å². The van der Waals surface area contributed by atoms with Crippen LogP contribution >= 0.6 is 0 Å². The number of hydrogen-bond acceptors (Lipinski definition) is 2. The van der Waals surface area contributed by atoms with E-state index in [0.717, 1.165) is 50.2 Å². The van der Waals surface area contributed by atoms with Crippen molar-refractivity contribution in [1.29, 1.82) is 0 Å². The molecule has 0 saturated heterocycles. The molecular weight excluding hydrogens is 729 g/mol. The summed E-state index contributed by atoms with van der Waals surface area (Å²) in [5, 5.41) is 12.5. The van der Waals surface area contributed by atoms with Crippen LogP contribution in [0.2, 0.25) is 0 Å². The molecule has 60 heavy (non-hydrogen) atoms. The molecule has 0 amide bonds. The molecule has 0 aliphatic heterocycles. The summed E-state index contributed by atoms with van der Waals surface area (Å²) >= 11 is 0. The summed E-state index contributed by atoms with van der Waals surface area (Å²) in [5.74, 6) is 0.707. The maximum atomic E-state index is 5.27. The topological polar surface area (TPSA) is 35.6 Å². The first-order valence-corrected chi connectivity index (χ1v) is 20.5. The second kappa shape index (κ2) is 12.7. The van der Waals surface area contributed by atoms with E-state index in [4.69, 9.17) is 9.97 Å². The number of rotatable bonds is 5. The predicted octanol–water partition coefficient (Wildman–Crippen LogP) is 14.6. The van der Waals surface area contributed by atoms with Crippen LogP contribution in [-0.4, -0.2) is 19.1 Å². The molecule has 0 saturated carbocycles. The molecule has 13 rings (SSSR count). The van der Waals surface area contributed by atoms with Gasteiger partial charge in [0.1, 0.15) is 0 Å². The third-order valence-electron chi connectivity index (χ3n) is 12.5. The molecule has 0 aliphatic carbocycles. The van der Waals surface area contributed by atoms with Crippen molar-refractivity contribution in [2.24, 2.45) is 0 Å². The molecule has 0 aliphatic rings. The van der Waals surface area contributed by atoms with Crippen LogP contribution in [0.3, 0.4) is 0 Å². The predicted molar refractivity (Wildman–Crippen MR) is 251 cm³/mol. The number of fused-ring (bicyclic) bond motifs is 8. The molecule has 3 heterocycles. The summed E-state index contributed by atoms with van der Waals surface area (Å²) in [7, 11) is 0. The highest BCUT2D eigenvalue weighted by molar-refractivity contribution is 6.42. The van der Waals surface area contributed by atoms with Crippen LogP contribution < -0.4 is 0 Å². The van der Waals surface area contributed by atoms with Gasteiger partial charge in [-0.25, -0.2) is 9.97 Å². The summed E-state index contributed by atoms with van der Waals surface area (Å²) in [4.78, 5) is 10.4. The van der Waals surface area contributed by atoms with E-state index >= 15 is 0 Å². The highest BCUT2D eigenvalue weighted by Gasteiger charge is 2.26. The van der Waals surface area contributed by atoms with Crippen molar-refractivity contribution in [3.63, 3.8) is 0 Å². The van der Waals surface area contributed by atoms with Gasteiger partial charge >= 0.3 is 0 Å². The zero-order valence-corrected chi connectivity index (χ0v) is 32.4. The summed E-state index contributed by atoms with van der Waals surface area (Å²) in [6, 6.07) is 74.1. The second-order valence-electron chi connectivity index (χ2n) is 15.7. The van der Waals surface area contributed by atoms with Crippen molar-refractivity contribution in [2.45, 2.75) is 0 Å². The molecule has 0 N–H and O–H groups in total. The van der Waals surface area contributed by atoms with Gasteiger partial charge in [-0.15, -0.1) is 0 Å². The zero-order chi connectivity index (χ0) is 39.3. The van der Waals surface area contributed by atoms with Gasteiger partial charge in [0.2, 0.25) is 0 Å². The Balaban J connectivity index is 1.15. The minimum Gasteiger partial charge on any atom is -0.309 e. The standard InChI is InChI=1S/C56H34N4/c1-4-17-35(18-5-1)45-33-46(58-56(57-45)36-19-6-2-7-20-36)40-31-32-48(41-25-12-10-23-38(40)41)60-49-30-16-28-42-39-24-11-13-26-43(39)54-53-44-27-14-15-29-47(44)59(37-21-8-3-9-22-37)50(53)34-51(60)55(54)52(42)49/h1-34H. The van der Waals surface area contributed by atoms with E-state index < -0.39 is 0 Å². The highest BCUT2D eigenvalue weighted by atomic mass is 15.0. The van der Waals surface area contributed by atoms with Crippen molar-refractivity contribution in [3.8, 4) is 45.3 Å². The number of nitrogens with zero attached hydrogens (tertiary/aromatic N) is 4. The Labute approximate surface area is 345 Å². The van der Waals surface area contributed by atoms with E-state index in [9.17, 15) is 0 Å². The Morgan fingerprint density at radius 3 is 1.63 bits per heavy atom. The third-order valence-corrected chi connectivity index (χ3v) is 12.5. The number of para-hydroxylation sites is 2. The molecule has 4 heteroatoms. The van der Waals surface area contributed by atoms with Gasteiger partial charge in [-0.05, 0) is 64.0 Å². The zero-order valence-electron chi connectivity index (χ0n) is 32.4. The van der Waals surface area contributed by atoms with Crippen LogP contribution in [0.4, 0.5) is 0 Å². The van der Waals surface area contributed by atoms with Gasteiger partial charge in [-0.1, -0.05) is 164 Å². The van der Waals surface area contributed by atoms with Gasteiger partial charge in [-0.2, -0.15) is 0 Å². The van der Waals surface area contributed by atoms with E-state index in [1.165, 1.54) is 65.2 Å². The monoisotopic (exact) mass is 762 g/mol. The molecule has 10 aromatic carbocycles. The van der Waals surface area contributed by atoms with Crippen molar-refractivity contribution < 1.29 is 0 Å². The Kier molecular flexibility index (Phi) is 6.98. The van der Waals surface area contributed by atoms with Crippen LogP contribution in [-0.2, 0) is 0 Å². The van der Waals surface area contributed by atoms with Crippen molar-refractivity contribution >= 4 is 75.9 Å². The first kappa shape index (κ1) is 32.9. The lowest BCUT2D eigenvalue weighted by atomic mass is 9.92. The van der Waals surface area contributed by atoms with E-state index in [1.54, 1.807) is 0 Å². The van der Waals surface area contributed by atoms with Gasteiger partial charge in [0.25, 0.3) is 0 Å². The number of hydrogen-bond donors (Lipinski definition) is 0. The lowest BCUT2D eigenvalue weighted by Crippen LogP contribution is -1.99. The fourth-order valence-corrected chi connectivity index (χ4v) is 9.97. The molecule has 0 bridgehead atoms. The highest BCUT2D eigenvalue weighted by Crippen LogP contribution is 2.50. The normalized spacial score (nSPS) is 12.0. The molecule has 0 spiro atoms. The third kappa shape index (κ3) is 4.67. The smallest absolute Gasteiger partial charge is 0.160 e. The first-order valence-electron chi connectivity index (χ1n) is 20.5. The molecule has 0 unspecified atom stereocenters. The van der Waals surface area contributed by atoms with E-state index in [2.05, 4.69) is 191 Å². The fraction of sp³-hybridized carbons (Fsp3) is 0. The van der Waals surface area contributed by atoms with Gasteiger partial charge in [0.15, 0.2) is 5.82 Å². The average Bonchev–Trinajstić information content (AvgIpc) is 3.84. The quantitative estimate of drug-likeness (QED) is 0.164. The number of benzene rings is 10. The van der Waals surface area contributed by atoms with Crippen LogP contribution in [0, 0.1) is 0 Å². The van der Waals surface area contributed by atoms with Crippen molar-refractivity contribution in [3.05, 3.63) is 206 Å². The molecule has 278 valence electrons.